The van der Waals surface area contributed by atoms with Crippen LogP contribution in [0.25, 0.3) is 0 Å². The highest BCUT2D eigenvalue weighted by atomic mass is 16.6. The van der Waals surface area contributed by atoms with Crippen molar-refractivity contribution < 1.29 is 23.7 Å². The predicted octanol–water partition coefficient (Wildman–Crippen LogP) is 7.25. The van der Waals surface area contributed by atoms with Gasteiger partial charge in [-0.25, -0.2) is 0 Å². The van der Waals surface area contributed by atoms with Crippen LogP contribution < -0.4 is 23.7 Å². The summed E-state index contributed by atoms with van der Waals surface area (Å²) in [7, 11) is 7.80. The number of fused-ring (bicyclic) bond motifs is 2. The Balaban J connectivity index is 1.33. The minimum Gasteiger partial charge on any atom is -0.493 e. The van der Waals surface area contributed by atoms with Gasteiger partial charge in [0, 0.05) is 30.7 Å². The average molecular weight is 577 g/mol. The van der Waals surface area contributed by atoms with Gasteiger partial charge in [-0.15, -0.1) is 0 Å². The molecule has 0 spiro atoms. The van der Waals surface area contributed by atoms with Gasteiger partial charge in [-0.1, -0.05) is 18.2 Å². The summed E-state index contributed by atoms with van der Waals surface area (Å²) in [6.07, 6.45) is 3.53. The van der Waals surface area contributed by atoms with Crippen LogP contribution in [0.1, 0.15) is 45.5 Å². The van der Waals surface area contributed by atoms with Crippen molar-refractivity contribution in [3.63, 3.8) is 0 Å². The lowest BCUT2D eigenvalue weighted by Crippen LogP contribution is -2.34. The molecule has 4 aromatic rings. The standard InChI is InChI=1S/C36H36N2O5/c1-37-13-11-23-18-31-32-20-26(23)27(37)16-22-7-10-29(39-3)30(17-22)41-25-8-5-21(6-9-25)15-28-34-24(12-14-38(28)2)19-33(40-4)35(42-31)36(34)43-32/h5-10,17-20,27-28H,11-16H2,1-4H3/t27-,28-/m0/s1. The third kappa shape index (κ3) is 4.41. The maximum Gasteiger partial charge on any atom is 0.212 e. The zero-order valence-corrected chi connectivity index (χ0v) is 25.1. The smallest absolute Gasteiger partial charge is 0.212 e. The first-order chi connectivity index (χ1) is 21.0. The Morgan fingerprint density at radius 3 is 2.09 bits per heavy atom. The van der Waals surface area contributed by atoms with Gasteiger partial charge in [-0.2, -0.15) is 0 Å². The summed E-state index contributed by atoms with van der Waals surface area (Å²) in [5.74, 6) is 5.91. The fraction of sp³-hybridized carbons (Fsp3) is 0.333. The molecular weight excluding hydrogens is 540 g/mol. The molecule has 0 saturated heterocycles. The van der Waals surface area contributed by atoms with Crippen LogP contribution >= 0.6 is 0 Å². The average Bonchev–Trinajstić information content (AvgIpc) is 3.02. The molecule has 220 valence electrons. The Hall–Kier alpha value is -4.20. The van der Waals surface area contributed by atoms with Crippen LogP contribution in [0.4, 0.5) is 0 Å². The van der Waals surface area contributed by atoms with E-state index in [0.29, 0.717) is 5.75 Å². The van der Waals surface area contributed by atoms with Gasteiger partial charge in [0.1, 0.15) is 5.75 Å². The van der Waals surface area contributed by atoms with Crippen molar-refractivity contribution in [3.8, 4) is 46.0 Å². The lowest BCUT2D eigenvalue weighted by molar-refractivity contribution is 0.218. The van der Waals surface area contributed by atoms with Gasteiger partial charge in [-0.05, 0) is 110 Å². The Morgan fingerprint density at radius 2 is 1.30 bits per heavy atom. The van der Waals surface area contributed by atoms with E-state index in [-0.39, 0.29) is 12.1 Å². The largest absolute Gasteiger partial charge is 0.493 e. The van der Waals surface area contributed by atoms with E-state index in [0.717, 1.165) is 79.0 Å². The van der Waals surface area contributed by atoms with Gasteiger partial charge < -0.3 is 23.7 Å². The molecule has 0 aromatic heterocycles. The van der Waals surface area contributed by atoms with Crippen LogP contribution in [0.2, 0.25) is 0 Å². The van der Waals surface area contributed by atoms with Crippen molar-refractivity contribution in [2.75, 3.05) is 41.4 Å². The molecule has 0 N–H and O–H groups in total. The molecule has 0 unspecified atom stereocenters. The summed E-state index contributed by atoms with van der Waals surface area (Å²) in [6, 6.07) is 21.5. The van der Waals surface area contributed by atoms with Crippen LogP contribution in [0.5, 0.6) is 46.0 Å². The summed E-state index contributed by atoms with van der Waals surface area (Å²) in [5.41, 5.74) is 7.41. The van der Waals surface area contributed by atoms with Crippen molar-refractivity contribution in [2.24, 2.45) is 0 Å². The summed E-state index contributed by atoms with van der Waals surface area (Å²) in [4.78, 5) is 4.86. The van der Waals surface area contributed by atoms with Crippen LogP contribution in [0.3, 0.4) is 0 Å². The van der Waals surface area contributed by atoms with Crippen molar-refractivity contribution in [3.05, 3.63) is 94.0 Å². The molecule has 7 heteroatoms. The van der Waals surface area contributed by atoms with E-state index in [1.807, 2.05) is 6.07 Å². The third-order valence-electron chi connectivity index (χ3n) is 9.64. The zero-order valence-electron chi connectivity index (χ0n) is 25.1. The summed E-state index contributed by atoms with van der Waals surface area (Å²) in [5, 5.41) is 0. The topological polar surface area (TPSA) is 52.6 Å². The number of benzene rings is 4. The zero-order chi connectivity index (χ0) is 29.2. The first kappa shape index (κ1) is 26.4. The number of rotatable bonds is 2. The fourth-order valence-corrected chi connectivity index (χ4v) is 7.21. The van der Waals surface area contributed by atoms with E-state index in [9.17, 15) is 0 Å². The molecule has 2 atom stereocenters. The summed E-state index contributed by atoms with van der Waals surface area (Å²) >= 11 is 0. The minimum absolute atomic E-state index is 0.118. The molecule has 0 radical (unpaired) electrons. The lowest BCUT2D eigenvalue weighted by Gasteiger charge is -2.39. The summed E-state index contributed by atoms with van der Waals surface area (Å²) in [6.45, 7) is 1.92. The van der Waals surface area contributed by atoms with E-state index in [2.05, 4.69) is 78.5 Å². The Labute approximate surface area is 252 Å². The second-order valence-corrected chi connectivity index (χ2v) is 12.1. The Morgan fingerprint density at radius 1 is 0.628 bits per heavy atom. The van der Waals surface area contributed by atoms with Crippen LogP contribution in [0.15, 0.2) is 60.7 Å². The van der Waals surface area contributed by atoms with E-state index in [4.69, 9.17) is 23.7 Å². The number of methoxy groups -OCH3 is 2. The molecule has 4 aromatic carbocycles. The molecule has 5 aliphatic heterocycles. The minimum atomic E-state index is 0.118. The van der Waals surface area contributed by atoms with Crippen LogP contribution in [0, 0.1) is 0 Å². The highest BCUT2D eigenvalue weighted by molar-refractivity contribution is 5.67. The number of hydrogen-bond acceptors (Lipinski definition) is 7. The molecule has 5 heterocycles. The molecule has 43 heavy (non-hydrogen) atoms. The summed E-state index contributed by atoms with van der Waals surface area (Å²) < 4.78 is 31.6. The molecular formula is C36H36N2O5. The monoisotopic (exact) mass is 576 g/mol. The van der Waals surface area contributed by atoms with Crippen molar-refractivity contribution in [1.82, 2.24) is 9.80 Å². The van der Waals surface area contributed by atoms with E-state index in [1.165, 1.54) is 33.4 Å². The number of hydrogen-bond donors (Lipinski definition) is 0. The van der Waals surface area contributed by atoms with Crippen molar-refractivity contribution >= 4 is 0 Å². The van der Waals surface area contributed by atoms with Crippen LogP contribution in [-0.2, 0) is 25.7 Å². The Kier molecular flexibility index (Phi) is 6.28. The molecule has 0 fully saturated rings. The Bertz CT molecular complexity index is 1730. The van der Waals surface area contributed by atoms with Crippen molar-refractivity contribution in [2.45, 2.75) is 37.8 Å². The normalized spacial score (nSPS) is 20.4. The number of nitrogens with zero attached hydrogens (tertiary/aromatic N) is 2. The molecule has 9 rings (SSSR count). The molecule has 0 amide bonds. The molecule has 0 aliphatic carbocycles. The van der Waals surface area contributed by atoms with Gasteiger partial charge >= 0.3 is 0 Å². The van der Waals surface area contributed by atoms with Gasteiger partial charge in [0.2, 0.25) is 5.75 Å². The van der Waals surface area contributed by atoms with E-state index in [1.54, 1.807) is 14.2 Å². The first-order valence-corrected chi connectivity index (χ1v) is 15.1. The highest BCUT2D eigenvalue weighted by Gasteiger charge is 2.37. The number of ether oxygens (including phenoxy) is 5. The fourth-order valence-electron chi connectivity index (χ4n) is 7.21. The van der Waals surface area contributed by atoms with Crippen molar-refractivity contribution in [1.29, 1.82) is 0 Å². The SMILES string of the molecule is COc1ccc2cc1Oc1ccc(cc1)C[C@H]1c3c(cc(OC)c4c3Oc3cc5c(cc3O4)CCN(C)[C@H]5C2)CCN1C. The maximum atomic E-state index is 6.91. The lowest BCUT2D eigenvalue weighted by atomic mass is 9.86. The van der Waals surface area contributed by atoms with Gasteiger partial charge in [0.05, 0.1) is 14.2 Å². The molecule has 7 bridgehead atoms. The second kappa shape index (κ2) is 10.2. The molecule has 7 nitrogen and oxygen atoms in total. The second-order valence-electron chi connectivity index (χ2n) is 12.1. The van der Waals surface area contributed by atoms with Gasteiger partial charge in [0.15, 0.2) is 34.5 Å². The predicted molar refractivity (Wildman–Crippen MR) is 165 cm³/mol. The van der Waals surface area contributed by atoms with E-state index >= 15 is 0 Å². The maximum absolute atomic E-state index is 6.91. The number of likely N-dealkylation sites (N-methyl/N-ethyl adjacent to an activating group) is 2. The van der Waals surface area contributed by atoms with Crippen LogP contribution in [-0.4, -0.2) is 51.2 Å². The quantitative estimate of drug-likeness (QED) is 0.219. The van der Waals surface area contributed by atoms with Gasteiger partial charge in [-0.3, -0.25) is 9.80 Å². The van der Waals surface area contributed by atoms with Gasteiger partial charge in [0.25, 0.3) is 0 Å². The molecule has 5 aliphatic rings. The van der Waals surface area contributed by atoms with E-state index < -0.39 is 0 Å². The third-order valence-corrected chi connectivity index (χ3v) is 9.64. The highest BCUT2D eigenvalue weighted by Crippen LogP contribution is 2.56. The molecule has 0 saturated carbocycles. The first-order valence-electron chi connectivity index (χ1n) is 15.1.